The van der Waals surface area contributed by atoms with Gasteiger partial charge in [0.1, 0.15) is 5.76 Å². The summed E-state index contributed by atoms with van der Waals surface area (Å²) in [5.41, 5.74) is 1.20. The lowest BCUT2D eigenvalue weighted by atomic mass is 10.1. The van der Waals surface area contributed by atoms with Crippen molar-refractivity contribution in [2.45, 2.75) is 39.3 Å². The Morgan fingerprint density at radius 2 is 1.87 bits per heavy atom. The van der Waals surface area contributed by atoms with E-state index in [1.165, 1.54) is 0 Å². The number of aromatic carboxylic acids is 1. The quantitative estimate of drug-likeness (QED) is 0.850. The molecule has 0 bridgehead atoms. The van der Waals surface area contributed by atoms with Crippen molar-refractivity contribution in [2.75, 3.05) is 0 Å². The van der Waals surface area contributed by atoms with Crippen LogP contribution in [0.25, 0.3) is 0 Å². The fraction of sp³-hybridized carbons (Fsp3) is 0.333. The summed E-state index contributed by atoms with van der Waals surface area (Å²) in [5, 5.41) is 8.88. The maximum atomic E-state index is 12.4. The van der Waals surface area contributed by atoms with E-state index >= 15 is 0 Å². The van der Waals surface area contributed by atoms with Gasteiger partial charge in [0.25, 0.3) is 0 Å². The molecule has 122 valence electrons. The lowest BCUT2D eigenvalue weighted by Gasteiger charge is -2.26. The minimum atomic E-state index is -0.947. The third-order valence-corrected chi connectivity index (χ3v) is 3.68. The molecule has 1 aromatic heterocycles. The Bertz CT molecular complexity index is 644. The first kappa shape index (κ1) is 16.8. The number of amides is 1. The highest BCUT2D eigenvalue weighted by Gasteiger charge is 2.18. The van der Waals surface area contributed by atoms with E-state index in [2.05, 4.69) is 0 Å². The monoisotopic (exact) mass is 315 g/mol. The molecule has 2 rings (SSSR count). The average molecular weight is 315 g/mol. The molecule has 0 aliphatic carbocycles. The number of carboxylic acid groups (broad SMARTS) is 1. The Labute approximate surface area is 135 Å². The lowest BCUT2D eigenvalue weighted by molar-refractivity contribution is -0.133. The zero-order valence-electron chi connectivity index (χ0n) is 13.4. The SMILES string of the molecule is CC(C)N(Cc1ccco1)C(=O)CCc1ccc(C(=O)O)cc1. The third kappa shape index (κ3) is 4.71. The van der Waals surface area contributed by atoms with Gasteiger partial charge in [-0.1, -0.05) is 12.1 Å². The van der Waals surface area contributed by atoms with Gasteiger partial charge in [0.05, 0.1) is 18.4 Å². The highest BCUT2D eigenvalue weighted by molar-refractivity contribution is 5.87. The van der Waals surface area contributed by atoms with Crippen LogP contribution in [0.1, 0.15) is 41.9 Å². The van der Waals surface area contributed by atoms with Crippen molar-refractivity contribution in [3.8, 4) is 0 Å². The number of aryl methyl sites for hydroxylation is 1. The van der Waals surface area contributed by atoms with Crippen LogP contribution in [0.4, 0.5) is 0 Å². The van der Waals surface area contributed by atoms with Gasteiger partial charge in [-0.05, 0) is 50.1 Å². The van der Waals surface area contributed by atoms with Crippen molar-refractivity contribution in [1.29, 1.82) is 0 Å². The number of carbonyl (C=O) groups excluding carboxylic acids is 1. The third-order valence-electron chi connectivity index (χ3n) is 3.68. The highest BCUT2D eigenvalue weighted by atomic mass is 16.4. The summed E-state index contributed by atoms with van der Waals surface area (Å²) in [6, 6.07) is 10.4. The Hall–Kier alpha value is -2.56. The number of furan rings is 1. The first-order valence-corrected chi connectivity index (χ1v) is 7.61. The van der Waals surface area contributed by atoms with Crippen LogP contribution in [-0.4, -0.2) is 27.9 Å². The van der Waals surface area contributed by atoms with Crippen LogP contribution in [0.5, 0.6) is 0 Å². The Morgan fingerprint density at radius 1 is 1.17 bits per heavy atom. The van der Waals surface area contributed by atoms with Gasteiger partial charge in [0.2, 0.25) is 5.91 Å². The molecule has 0 radical (unpaired) electrons. The van der Waals surface area contributed by atoms with Crippen molar-refractivity contribution in [3.63, 3.8) is 0 Å². The van der Waals surface area contributed by atoms with Gasteiger partial charge in [-0.3, -0.25) is 4.79 Å². The maximum Gasteiger partial charge on any atom is 0.335 e. The molecule has 0 aliphatic rings. The van der Waals surface area contributed by atoms with Crippen molar-refractivity contribution in [1.82, 2.24) is 4.90 Å². The van der Waals surface area contributed by atoms with Crippen LogP contribution in [0.2, 0.25) is 0 Å². The first-order chi connectivity index (χ1) is 11.0. The van der Waals surface area contributed by atoms with E-state index in [0.717, 1.165) is 11.3 Å². The Morgan fingerprint density at radius 3 is 2.39 bits per heavy atom. The van der Waals surface area contributed by atoms with Crippen molar-refractivity contribution >= 4 is 11.9 Å². The van der Waals surface area contributed by atoms with Gasteiger partial charge in [-0.25, -0.2) is 4.79 Å². The van der Waals surface area contributed by atoms with E-state index in [-0.39, 0.29) is 17.5 Å². The smallest absolute Gasteiger partial charge is 0.335 e. The zero-order chi connectivity index (χ0) is 16.8. The van der Waals surface area contributed by atoms with Crippen LogP contribution in [0, 0.1) is 0 Å². The molecule has 0 unspecified atom stereocenters. The standard InChI is InChI=1S/C18H21NO4/c1-13(2)19(12-16-4-3-11-23-16)17(20)10-7-14-5-8-15(9-6-14)18(21)22/h3-6,8-9,11,13H,7,10,12H2,1-2H3,(H,21,22). The second-order valence-electron chi connectivity index (χ2n) is 5.70. The second kappa shape index (κ2) is 7.63. The second-order valence-corrected chi connectivity index (χ2v) is 5.70. The largest absolute Gasteiger partial charge is 0.478 e. The van der Waals surface area contributed by atoms with Gasteiger partial charge >= 0.3 is 5.97 Å². The van der Waals surface area contributed by atoms with E-state index < -0.39 is 5.97 Å². The molecular weight excluding hydrogens is 294 g/mol. The van der Waals surface area contributed by atoms with Crippen LogP contribution >= 0.6 is 0 Å². The maximum absolute atomic E-state index is 12.4. The number of rotatable bonds is 7. The Balaban J connectivity index is 1.94. The number of carboxylic acids is 1. The molecule has 23 heavy (non-hydrogen) atoms. The van der Waals surface area contributed by atoms with Gasteiger partial charge < -0.3 is 14.4 Å². The molecule has 1 amide bonds. The van der Waals surface area contributed by atoms with Crippen molar-refractivity contribution < 1.29 is 19.1 Å². The minimum absolute atomic E-state index is 0.0544. The average Bonchev–Trinajstić information content (AvgIpc) is 3.03. The molecule has 0 fully saturated rings. The number of hydrogen-bond donors (Lipinski definition) is 1. The first-order valence-electron chi connectivity index (χ1n) is 7.61. The summed E-state index contributed by atoms with van der Waals surface area (Å²) >= 11 is 0. The molecule has 1 aromatic carbocycles. The van der Waals surface area contributed by atoms with Crippen molar-refractivity contribution in [3.05, 3.63) is 59.5 Å². The molecule has 5 heteroatoms. The molecule has 1 heterocycles. The predicted molar refractivity (Wildman–Crippen MR) is 86.1 cm³/mol. The van der Waals surface area contributed by atoms with Gasteiger partial charge in [0.15, 0.2) is 0 Å². The van der Waals surface area contributed by atoms with E-state index in [1.54, 1.807) is 35.4 Å². The number of hydrogen-bond acceptors (Lipinski definition) is 3. The molecule has 0 saturated heterocycles. The number of nitrogens with zero attached hydrogens (tertiary/aromatic N) is 1. The van der Waals surface area contributed by atoms with Crippen LogP contribution < -0.4 is 0 Å². The lowest BCUT2D eigenvalue weighted by Crippen LogP contribution is -2.36. The summed E-state index contributed by atoms with van der Waals surface area (Å²) in [6.07, 6.45) is 2.56. The highest BCUT2D eigenvalue weighted by Crippen LogP contribution is 2.13. The molecule has 0 atom stereocenters. The Kier molecular flexibility index (Phi) is 5.57. The number of benzene rings is 1. The minimum Gasteiger partial charge on any atom is -0.478 e. The molecule has 1 N–H and O–H groups in total. The van der Waals surface area contributed by atoms with E-state index in [1.807, 2.05) is 26.0 Å². The molecular formula is C18H21NO4. The topological polar surface area (TPSA) is 70.8 Å². The summed E-state index contributed by atoms with van der Waals surface area (Å²) in [4.78, 5) is 25.1. The van der Waals surface area contributed by atoms with E-state index in [4.69, 9.17) is 9.52 Å². The molecule has 0 aliphatic heterocycles. The van der Waals surface area contributed by atoms with Crippen LogP contribution in [0.3, 0.4) is 0 Å². The number of carbonyl (C=O) groups is 2. The van der Waals surface area contributed by atoms with Crippen molar-refractivity contribution in [2.24, 2.45) is 0 Å². The fourth-order valence-electron chi connectivity index (χ4n) is 2.34. The van der Waals surface area contributed by atoms with E-state index in [0.29, 0.717) is 19.4 Å². The normalized spacial score (nSPS) is 10.7. The van der Waals surface area contributed by atoms with Crippen LogP contribution in [0.15, 0.2) is 47.1 Å². The summed E-state index contributed by atoms with van der Waals surface area (Å²) in [7, 11) is 0. The summed E-state index contributed by atoms with van der Waals surface area (Å²) in [6.45, 7) is 4.41. The molecule has 5 nitrogen and oxygen atoms in total. The van der Waals surface area contributed by atoms with Gasteiger partial charge in [-0.15, -0.1) is 0 Å². The van der Waals surface area contributed by atoms with E-state index in [9.17, 15) is 9.59 Å². The molecule has 0 spiro atoms. The van der Waals surface area contributed by atoms with Gasteiger partial charge in [0, 0.05) is 12.5 Å². The summed E-state index contributed by atoms with van der Waals surface area (Å²) in [5.74, 6) is -0.131. The zero-order valence-corrected chi connectivity index (χ0v) is 13.4. The molecule has 2 aromatic rings. The summed E-state index contributed by atoms with van der Waals surface area (Å²) < 4.78 is 5.31. The fourth-order valence-corrected chi connectivity index (χ4v) is 2.34. The molecule has 0 saturated carbocycles. The predicted octanol–water partition coefficient (Wildman–Crippen LogP) is 3.35. The van der Waals surface area contributed by atoms with Crippen LogP contribution in [-0.2, 0) is 17.8 Å². The van der Waals surface area contributed by atoms with Gasteiger partial charge in [-0.2, -0.15) is 0 Å².